The molecule has 1 rings (SSSR count). The van der Waals surface area contributed by atoms with Crippen LogP contribution in [0.15, 0.2) is 22.7 Å². The molecule has 0 aliphatic carbocycles. The minimum atomic E-state index is -0.468. The van der Waals surface area contributed by atoms with Crippen molar-refractivity contribution in [3.63, 3.8) is 0 Å². The lowest BCUT2D eigenvalue weighted by atomic mass is 10.2. The summed E-state index contributed by atoms with van der Waals surface area (Å²) in [7, 11) is 1.89. The molecule has 2 nitrogen and oxygen atoms in total. The van der Waals surface area contributed by atoms with Crippen LogP contribution < -0.4 is 10.1 Å². The molecule has 0 radical (unpaired) electrons. The molecule has 1 N–H and O–H groups in total. The van der Waals surface area contributed by atoms with Crippen LogP contribution in [-0.2, 0) is 6.54 Å². The van der Waals surface area contributed by atoms with Crippen molar-refractivity contribution in [1.82, 2.24) is 5.32 Å². The SMILES string of the molecule is CNCc1ccc(OCCF)c(Br)c1. The van der Waals surface area contributed by atoms with Crippen LogP contribution in [0.3, 0.4) is 0 Å². The average Bonchev–Trinajstić information content (AvgIpc) is 2.17. The summed E-state index contributed by atoms with van der Waals surface area (Å²) >= 11 is 3.37. The van der Waals surface area contributed by atoms with E-state index in [0.29, 0.717) is 5.75 Å². The summed E-state index contributed by atoms with van der Waals surface area (Å²) in [4.78, 5) is 0. The second kappa shape index (κ2) is 5.98. The van der Waals surface area contributed by atoms with Gasteiger partial charge in [0.05, 0.1) is 4.47 Å². The van der Waals surface area contributed by atoms with E-state index in [0.717, 1.165) is 16.6 Å². The maximum atomic E-state index is 11.9. The third kappa shape index (κ3) is 3.27. The van der Waals surface area contributed by atoms with Crippen molar-refractivity contribution in [1.29, 1.82) is 0 Å². The molecule has 0 aromatic heterocycles. The highest BCUT2D eigenvalue weighted by Gasteiger charge is 2.01. The Hall–Kier alpha value is -0.610. The lowest BCUT2D eigenvalue weighted by Crippen LogP contribution is -2.05. The van der Waals surface area contributed by atoms with E-state index in [-0.39, 0.29) is 6.61 Å². The molecule has 0 saturated heterocycles. The summed E-state index contributed by atoms with van der Waals surface area (Å²) < 4.78 is 17.9. The average molecular weight is 262 g/mol. The monoisotopic (exact) mass is 261 g/mol. The molecule has 4 heteroatoms. The largest absolute Gasteiger partial charge is 0.490 e. The summed E-state index contributed by atoms with van der Waals surface area (Å²) in [6, 6.07) is 5.76. The van der Waals surface area contributed by atoms with Gasteiger partial charge in [0.1, 0.15) is 19.0 Å². The van der Waals surface area contributed by atoms with Gasteiger partial charge in [-0.2, -0.15) is 0 Å². The zero-order chi connectivity index (χ0) is 10.4. The van der Waals surface area contributed by atoms with Gasteiger partial charge in [-0.05, 0) is 40.7 Å². The summed E-state index contributed by atoms with van der Waals surface area (Å²) in [5, 5.41) is 3.05. The highest BCUT2D eigenvalue weighted by molar-refractivity contribution is 9.10. The van der Waals surface area contributed by atoms with E-state index in [1.54, 1.807) is 0 Å². The van der Waals surface area contributed by atoms with E-state index in [1.165, 1.54) is 0 Å². The van der Waals surface area contributed by atoms with Gasteiger partial charge in [-0.3, -0.25) is 0 Å². The van der Waals surface area contributed by atoms with E-state index >= 15 is 0 Å². The van der Waals surface area contributed by atoms with Crippen LogP contribution in [-0.4, -0.2) is 20.3 Å². The predicted molar refractivity (Wildman–Crippen MR) is 58.4 cm³/mol. The van der Waals surface area contributed by atoms with Gasteiger partial charge in [-0.1, -0.05) is 6.07 Å². The highest BCUT2D eigenvalue weighted by Crippen LogP contribution is 2.25. The zero-order valence-corrected chi connectivity index (χ0v) is 9.60. The first-order chi connectivity index (χ1) is 6.77. The van der Waals surface area contributed by atoms with Crippen molar-refractivity contribution >= 4 is 15.9 Å². The van der Waals surface area contributed by atoms with Crippen LogP contribution >= 0.6 is 15.9 Å². The van der Waals surface area contributed by atoms with Gasteiger partial charge < -0.3 is 10.1 Å². The van der Waals surface area contributed by atoms with Crippen LogP contribution in [0.1, 0.15) is 5.56 Å². The summed E-state index contributed by atoms with van der Waals surface area (Å²) in [6.07, 6.45) is 0. The van der Waals surface area contributed by atoms with Gasteiger partial charge in [0, 0.05) is 6.54 Å². The smallest absolute Gasteiger partial charge is 0.133 e. The molecule has 0 amide bonds. The van der Waals surface area contributed by atoms with Gasteiger partial charge in [0.15, 0.2) is 0 Å². The van der Waals surface area contributed by atoms with Crippen molar-refractivity contribution in [2.45, 2.75) is 6.54 Å². The number of nitrogens with one attached hydrogen (secondary N) is 1. The van der Waals surface area contributed by atoms with Crippen LogP contribution in [0.25, 0.3) is 0 Å². The highest BCUT2D eigenvalue weighted by atomic mass is 79.9. The number of ether oxygens (including phenoxy) is 1. The Kier molecular flexibility index (Phi) is 4.90. The van der Waals surface area contributed by atoms with Gasteiger partial charge >= 0.3 is 0 Å². The molecular weight excluding hydrogens is 249 g/mol. The lowest BCUT2D eigenvalue weighted by molar-refractivity contribution is 0.272. The first-order valence-corrected chi connectivity index (χ1v) is 5.19. The molecule has 1 aromatic rings. The molecule has 0 bridgehead atoms. The van der Waals surface area contributed by atoms with E-state index in [9.17, 15) is 4.39 Å². The third-order valence-electron chi connectivity index (χ3n) is 1.71. The Morgan fingerprint density at radius 3 is 2.86 bits per heavy atom. The number of halogens is 2. The Balaban J connectivity index is 2.68. The van der Waals surface area contributed by atoms with Gasteiger partial charge in [0.2, 0.25) is 0 Å². The second-order valence-corrected chi connectivity index (χ2v) is 3.69. The van der Waals surface area contributed by atoms with Gasteiger partial charge in [0.25, 0.3) is 0 Å². The summed E-state index contributed by atoms with van der Waals surface area (Å²) in [5.41, 5.74) is 1.16. The quantitative estimate of drug-likeness (QED) is 0.880. The molecule has 14 heavy (non-hydrogen) atoms. The van der Waals surface area contributed by atoms with Crippen LogP contribution in [0.5, 0.6) is 5.75 Å². The van der Waals surface area contributed by atoms with Crippen molar-refractivity contribution in [3.05, 3.63) is 28.2 Å². The number of hydrogen-bond acceptors (Lipinski definition) is 2. The molecule has 0 saturated carbocycles. The lowest BCUT2D eigenvalue weighted by Gasteiger charge is -2.07. The first-order valence-electron chi connectivity index (χ1n) is 4.39. The Morgan fingerprint density at radius 2 is 2.29 bits per heavy atom. The van der Waals surface area contributed by atoms with Crippen LogP contribution in [0, 0.1) is 0 Å². The molecule has 0 aliphatic heterocycles. The molecular formula is C10H13BrFNO. The molecule has 0 fully saturated rings. The van der Waals surface area contributed by atoms with Crippen LogP contribution in [0.2, 0.25) is 0 Å². The van der Waals surface area contributed by atoms with E-state index in [2.05, 4.69) is 21.2 Å². The topological polar surface area (TPSA) is 21.3 Å². The molecule has 0 atom stereocenters. The van der Waals surface area contributed by atoms with Crippen molar-refractivity contribution < 1.29 is 9.13 Å². The zero-order valence-electron chi connectivity index (χ0n) is 8.02. The van der Waals surface area contributed by atoms with E-state index < -0.39 is 6.67 Å². The number of hydrogen-bond donors (Lipinski definition) is 1. The normalized spacial score (nSPS) is 10.2. The minimum Gasteiger partial charge on any atom is -0.490 e. The van der Waals surface area contributed by atoms with E-state index in [4.69, 9.17) is 4.74 Å². The number of benzene rings is 1. The Labute approximate surface area is 91.6 Å². The molecule has 0 heterocycles. The first kappa shape index (κ1) is 11.5. The Morgan fingerprint density at radius 1 is 1.50 bits per heavy atom. The van der Waals surface area contributed by atoms with Crippen molar-refractivity contribution in [2.24, 2.45) is 0 Å². The van der Waals surface area contributed by atoms with Crippen LogP contribution in [0.4, 0.5) is 4.39 Å². The maximum absolute atomic E-state index is 11.9. The fourth-order valence-electron chi connectivity index (χ4n) is 1.12. The van der Waals surface area contributed by atoms with Gasteiger partial charge in [-0.15, -0.1) is 0 Å². The molecule has 0 unspecified atom stereocenters. The predicted octanol–water partition coefficient (Wildman–Crippen LogP) is 2.52. The molecule has 78 valence electrons. The fraction of sp³-hybridized carbons (Fsp3) is 0.400. The van der Waals surface area contributed by atoms with Crippen molar-refractivity contribution in [3.8, 4) is 5.75 Å². The third-order valence-corrected chi connectivity index (χ3v) is 2.33. The maximum Gasteiger partial charge on any atom is 0.133 e. The fourth-order valence-corrected chi connectivity index (χ4v) is 1.66. The second-order valence-electron chi connectivity index (χ2n) is 2.83. The number of rotatable bonds is 5. The standard InChI is InChI=1S/C10H13BrFNO/c1-13-7-8-2-3-10(9(11)6-8)14-5-4-12/h2-3,6,13H,4-5,7H2,1H3. The van der Waals surface area contributed by atoms with Crippen molar-refractivity contribution in [2.75, 3.05) is 20.3 Å². The van der Waals surface area contributed by atoms with Gasteiger partial charge in [-0.25, -0.2) is 4.39 Å². The molecule has 0 aliphatic rings. The summed E-state index contributed by atoms with van der Waals surface area (Å²) in [5.74, 6) is 0.683. The molecule has 1 aromatic carbocycles. The van der Waals surface area contributed by atoms with E-state index in [1.807, 2.05) is 25.2 Å². The minimum absolute atomic E-state index is 0.101. The number of alkyl halides is 1. The molecule has 0 spiro atoms. The summed E-state index contributed by atoms with van der Waals surface area (Å²) in [6.45, 7) is 0.441. The Bertz CT molecular complexity index is 293.